The van der Waals surface area contributed by atoms with Gasteiger partial charge in [0.15, 0.2) is 0 Å². The summed E-state index contributed by atoms with van der Waals surface area (Å²) in [6.45, 7) is 1.70. The minimum atomic E-state index is -0.953. The number of halogens is 2. The van der Waals surface area contributed by atoms with Gasteiger partial charge in [-0.1, -0.05) is 17.7 Å². The zero-order valence-corrected chi connectivity index (χ0v) is 11.8. The third kappa shape index (κ3) is 4.16. The molecule has 0 atom stereocenters. The summed E-state index contributed by atoms with van der Waals surface area (Å²) in [5, 5.41) is 9.00. The number of likely N-dealkylation sites (tertiary alicyclic amines) is 1. The molecule has 0 spiro atoms. The average Bonchev–Trinajstić information content (AvgIpc) is 2.42. The van der Waals surface area contributed by atoms with Gasteiger partial charge in [-0.05, 0) is 25.0 Å². The fourth-order valence-electron chi connectivity index (χ4n) is 2.33. The van der Waals surface area contributed by atoms with Gasteiger partial charge in [-0.25, -0.2) is 9.18 Å². The van der Waals surface area contributed by atoms with Crippen LogP contribution in [0.25, 0.3) is 0 Å². The molecule has 1 aliphatic rings. The second-order valence-corrected chi connectivity index (χ2v) is 5.29. The Labute approximate surface area is 122 Å². The normalized spacial score (nSPS) is 17.3. The van der Waals surface area contributed by atoms with Crippen molar-refractivity contribution in [2.75, 3.05) is 19.7 Å². The Hall–Kier alpha value is -1.17. The fourth-order valence-corrected chi connectivity index (χ4v) is 2.55. The summed E-state index contributed by atoms with van der Waals surface area (Å²) in [5.74, 6) is -1.24. The van der Waals surface area contributed by atoms with Crippen LogP contribution in [0, 0.1) is 5.82 Å². The SMILES string of the molecule is O=C(O)COC1CCN(Cc2c(F)cccc2Cl)CC1. The van der Waals surface area contributed by atoms with Gasteiger partial charge in [0, 0.05) is 30.2 Å². The molecule has 1 saturated heterocycles. The number of ether oxygens (including phenoxy) is 1. The molecular weight excluding hydrogens is 285 g/mol. The number of piperidine rings is 1. The highest BCUT2D eigenvalue weighted by Crippen LogP contribution is 2.23. The van der Waals surface area contributed by atoms with Crippen LogP contribution in [-0.4, -0.2) is 41.8 Å². The minimum Gasteiger partial charge on any atom is -0.480 e. The highest BCUT2D eigenvalue weighted by atomic mass is 35.5. The molecule has 0 unspecified atom stereocenters. The van der Waals surface area contributed by atoms with Crippen LogP contribution in [-0.2, 0) is 16.1 Å². The number of nitrogens with zero attached hydrogens (tertiary/aromatic N) is 1. The third-order valence-electron chi connectivity index (χ3n) is 3.42. The van der Waals surface area contributed by atoms with Gasteiger partial charge in [0.05, 0.1) is 6.10 Å². The topological polar surface area (TPSA) is 49.8 Å². The van der Waals surface area contributed by atoms with E-state index in [0.717, 1.165) is 25.9 Å². The van der Waals surface area contributed by atoms with E-state index in [1.165, 1.54) is 6.07 Å². The minimum absolute atomic E-state index is 0.0292. The van der Waals surface area contributed by atoms with E-state index in [4.69, 9.17) is 21.4 Å². The van der Waals surface area contributed by atoms with Gasteiger partial charge in [-0.2, -0.15) is 0 Å². The summed E-state index contributed by atoms with van der Waals surface area (Å²) >= 11 is 6.01. The first kappa shape index (κ1) is 15.2. The van der Waals surface area contributed by atoms with Crippen LogP contribution < -0.4 is 0 Å². The van der Waals surface area contributed by atoms with Gasteiger partial charge in [0.1, 0.15) is 12.4 Å². The molecule has 1 heterocycles. The van der Waals surface area contributed by atoms with E-state index in [1.54, 1.807) is 12.1 Å². The zero-order chi connectivity index (χ0) is 14.5. The molecule has 0 radical (unpaired) electrons. The van der Waals surface area contributed by atoms with Crippen molar-refractivity contribution in [3.05, 3.63) is 34.6 Å². The molecule has 1 aliphatic heterocycles. The fraction of sp³-hybridized carbons (Fsp3) is 0.500. The van der Waals surface area contributed by atoms with Gasteiger partial charge < -0.3 is 9.84 Å². The van der Waals surface area contributed by atoms with Crippen LogP contribution in [0.5, 0.6) is 0 Å². The zero-order valence-electron chi connectivity index (χ0n) is 11.0. The van der Waals surface area contributed by atoms with Crippen LogP contribution in [0.1, 0.15) is 18.4 Å². The number of hydrogen-bond donors (Lipinski definition) is 1. The molecule has 20 heavy (non-hydrogen) atoms. The first-order valence-electron chi connectivity index (χ1n) is 6.55. The Morgan fingerprint density at radius 3 is 2.75 bits per heavy atom. The molecule has 2 rings (SSSR count). The molecule has 1 N–H and O–H groups in total. The molecule has 4 nitrogen and oxygen atoms in total. The van der Waals surface area contributed by atoms with Gasteiger partial charge in [0.2, 0.25) is 0 Å². The van der Waals surface area contributed by atoms with E-state index >= 15 is 0 Å². The number of benzene rings is 1. The lowest BCUT2D eigenvalue weighted by molar-refractivity contribution is -0.145. The van der Waals surface area contributed by atoms with Crippen molar-refractivity contribution in [1.82, 2.24) is 4.90 Å². The summed E-state index contributed by atoms with van der Waals surface area (Å²) < 4.78 is 19.0. The quantitative estimate of drug-likeness (QED) is 0.908. The van der Waals surface area contributed by atoms with Crippen LogP contribution in [0.15, 0.2) is 18.2 Å². The van der Waals surface area contributed by atoms with Gasteiger partial charge in [-0.3, -0.25) is 4.90 Å². The molecule has 0 amide bonds. The second kappa shape index (κ2) is 7.02. The monoisotopic (exact) mass is 301 g/mol. The second-order valence-electron chi connectivity index (χ2n) is 4.88. The summed E-state index contributed by atoms with van der Waals surface area (Å²) in [6.07, 6.45) is 1.47. The highest BCUT2D eigenvalue weighted by Gasteiger charge is 2.21. The maximum Gasteiger partial charge on any atom is 0.329 e. The van der Waals surface area contributed by atoms with Crippen LogP contribution in [0.4, 0.5) is 4.39 Å². The van der Waals surface area contributed by atoms with E-state index in [1.807, 2.05) is 0 Å². The molecule has 1 aromatic rings. The van der Waals surface area contributed by atoms with Gasteiger partial charge in [0.25, 0.3) is 0 Å². The summed E-state index contributed by atoms with van der Waals surface area (Å²) in [4.78, 5) is 12.5. The summed E-state index contributed by atoms with van der Waals surface area (Å²) in [5.41, 5.74) is 0.513. The molecule has 0 bridgehead atoms. The number of carbonyl (C=O) groups is 1. The average molecular weight is 302 g/mol. The first-order chi connectivity index (χ1) is 9.56. The van der Waals surface area contributed by atoms with Crippen LogP contribution in [0.2, 0.25) is 5.02 Å². The number of rotatable bonds is 5. The molecule has 6 heteroatoms. The van der Waals surface area contributed by atoms with Crippen molar-refractivity contribution in [2.24, 2.45) is 0 Å². The Balaban J connectivity index is 1.84. The number of carboxylic acid groups (broad SMARTS) is 1. The maximum absolute atomic E-state index is 13.7. The molecular formula is C14H17ClFNO3. The molecule has 1 fully saturated rings. The predicted molar refractivity (Wildman–Crippen MR) is 73.3 cm³/mol. The van der Waals surface area contributed by atoms with E-state index in [-0.39, 0.29) is 18.5 Å². The van der Waals surface area contributed by atoms with Crippen molar-refractivity contribution in [2.45, 2.75) is 25.5 Å². The lowest BCUT2D eigenvalue weighted by Crippen LogP contribution is -2.37. The molecule has 110 valence electrons. The van der Waals surface area contributed by atoms with E-state index in [2.05, 4.69) is 4.90 Å². The van der Waals surface area contributed by atoms with E-state index in [9.17, 15) is 9.18 Å². The summed E-state index contributed by atoms with van der Waals surface area (Å²) in [7, 11) is 0. The van der Waals surface area contributed by atoms with Crippen molar-refractivity contribution in [3.63, 3.8) is 0 Å². The number of aliphatic carboxylic acids is 1. The Bertz CT molecular complexity index is 455. The maximum atomic E-state index is 13.7. The Morgan fingerprint density at radius 1 is 1.45 bits per heavy atom. The van der Waals surface area contributed by atoms with Crippen molar-refractivity contribution in [3.8, 4) is 0 Å². The van der Waals surface area contributed by atoms with Gasteiger partial charge in [-0.15, -0.1) is 0 Å². The van der Waals surface area contributed by atoms with Crippen molar-refractivity contribution in [1.29, 1.82) is 0 Å². The standard InChI is InChI=1S/C14H17ClFNO3/c15-12-2-1-3-13(16)11(12)8-17-6-4-10(5-7-17)20-9-14(18)19/h1-3,10H,4-9H2,(H,18,19). The Kier molecular flexibility index (Phi) is 5.34. The summed E-state index contributed by atoms with van der Waals surface area (Å²) in [6, 6.07) is 4.68. The number of carboxylic acids is 1. The van der Waals surface area contributed by atoms with Gasteiger partial charge >= 0.3 is 5.97 Å². The van der Waals surface area contributed by atoms with E-state index < -0.39 is 5.97 Å². The lowest BCUT2D eigenvalue weighted by atomic mass is 10.1. The Morgan fingerprint density at radius 2 is 2.15 bits per heavy atom. The molecule has 0 aliphatic carbocycles. The van der Waals surface area contributed by atoms with Crippen molar-refractivity contribution >= 4 is 17.6 Å². The largest absolute Gasteiger partial charge is 0.480 e. The highest BCUT2D eigenvalue weighted by molar-refractivity contribution is 6.31. The van der Waals surface area contributed by atoms with Crippen LogP contribution in [0.3, 0.4) is 0 Å². The smallest absolute Gasteiger partial charge is 0.329 e. The molecule has 1 aromatic carbocycles. The molecule has 0 saturated carbocycles. The van der Waals surface area contributed by atoms with E-state index in [0.29, 0.717) is 17.1 Å². The lowest BCUT2D eigenvalue weighted by Gasteiger charge is -2.31. The number of hydrogen-bond acceptors (Lipinski definition) is 3. The molecule has 0 aromatic heterocycles. The predicted octanol–water partition coefficient (Wildman–Crippen LogP) is 2.54. The first-order valence-corrected chi connectivity index (χ1v) is 6.92. The third-order valence-corrected chi connectivity index (χ3v) is 3.77. The van der Waals surface area contributed by atoms with Crippen LogP contribution >= 0.6 is 11.6 Å². The van der Waals surface area contributed by atoms with Crippen molar-refractivity contribution < 1.29 is 19.0 Å².